The summed E-state index contributed by atoms with van der Waals surface area (Å²) >= 11 is 6.77. The molecule has 346 valence electrons. The fourth-order valence-corrected chi connectivity index (χ4v) is 10.7. The van der Waals surface area contributed by atoms with Crippen LogP contribution in [0.3, 0.4) is 0 Å². The number of nitrogens with zero attached hydrogens (tertiary/aromatic N) is 2. The first-order valence-corrected chi connectivity index (χ1v) is 24.0. The summed E-state index contributed by atoms with van der Waals surface area (Å²) in [6, 6.07) is 2.36. The molecule has 3 heterocycles. The topological polar surface area (TPSA) is 248 Å². The lowest BCUT2D eigenvalue weighted by molar-refractivity contribution is -0.173. The van der Waals surface area contributed by atoms with Crippen molar-refractivity contribution in [3.63, 3.8) is 0 Å². The monoisotopic (exact) mass is 949 g/mol. The van der Waals surface area contributed by atoms with Crippen LogP contribution in [0.5, 0.6) is 5.75 Å². The number of anilines is 1. The standard InChI is InChI=1S/C40H56ClN3O15S3/c1-22-11-10-12-29(56-9)40(51)21-38(4,59-37(50)42-40)23(2)34-39(5,58-34)30(20-32(46)44(7)26-18-25(17-22)19-27(55-8)33(26)41)57-36(49)24(3)43(6)31(45)14-16-61-60-15-13-28(35(47)48)62(52,53)54/h10-12,18-19,23-24,28-30,34,51H,13-17,20-21H2,1-9H3,(H,42,50)(H,47,48)(H,52,53,54)/b12-10+,22-11+/t23-,24-,28?,29+,30-,34-,38-,39-,40-/m0/s1. The number of carbonyl (C=O) groups excluding carboxylic acids is 4. The quantitative estimate of drug-likeness (QED) is 0.0663. The summed E-state index contributed by atoms with van der Waals surface area (Å²) < 4.78 is 61.2. The molecule has 1 unspecified atom stereocenters. The van der Waals surface area contributed by atoms with Gasteiger partial charge in [-0.3, -0.25) is 24.3 Å². The van der Waals surface area contributed by atoms with E-state index in [1.54, 1.807) is 45.1 Å². The van der Waals surface area contributed by atoms with Crippen molar-refractivity contribution in [2.45, 2.75) is 113 Å². The van der Waals surface area contributed by atoms with E-state index < -0.39 is 98.8 Å². The number of halogens is 1. The first-order chi connectivity index (χ1) is 28.8. The number of hydrogen-bond donors (Lipinski definition) is 4. The third-order valence-corrected chi connectivity index (χ3v) is 15.6. The lowest BCUT2D eigenvalue weighted by atomic mass is 9.75. The molecule has 22 heteroatoms. The van der Waals surface area contributed by atoms with Gasteiger partial charge < -0.3 is 43.7 Å². The zero-order valence-electron chi connectivity index (χ0n) is 36.0. The molecule has 3 aliphatic heterocycles. The summed E-state index contributed by atoms with van der Waals surface area (Å²) in [6.07, 6.45) is 0.715. The Labute approximate surface area is 374 Å². The van der Waals surface area contributed by atoms with Crippen LogP contribution in [-0.2, 0) is 54.7 Å². The number of carbonyl (C=O) groups is 5. The van der Waals surface area contributed by atoms with Crippen LogP contribution in [0.2, 0.25) is 5.02 Å². The van der Waals surface area contributed by atoms with E-state index in [2.05, 4.69) is 5.32 Å². The van der Waals surface area contributed by atoms with Gasteiger partial charge in [0.15, 0.2) is 11.0 Å². The molecule has 0 spiro atoms. The number of hydrogen-bond acceptors (Lipinski definition) is 15. The van der Waals surface area contributed by atoms with Crippen LogP contribution in [0.25, 0.3) is 0 Å². The Morgan fingerprint density at radius 2 is 1.82 bits per heavy atom. The third kappa shape index (κ3) is 12.0. The first-order valence-electron chi connectivity index (χ1n) is 19.6. The number of benzene rings is 1. The minimum absolute atomic E-state index is 0.0452. The maximum Gasteiger partial charge on any atom is 0.410 e. The molecule has 4 N–H and O–H groups in total. The lowest BCUT2D eigenvalue weighted by Crippen LogP contribution is -2.67. The number of carboxylic acid groups (broad SMARTS) is 1. The Bertz CT molecular complexity index is 2060. The van der Waals surface area contributed by atoms with Crippen molar-refractivity contribution < 1.29 is 70.8 Å². The van der Waals surface area contributed by atoms with Gasteiger partial charge in [-0.05, 0) is 58.2 Å². The molecule has 3 aliphatic rings. The number of allylic oxidation sites excluding steroid dienone is 3. The van der Waals surface area contributed by atoms with E-state index in [-0.39, 0.29) is 35.8 Å². The predicted octanol–water partition coefficient (Wildman–Crippen LogP) is 4.41. The van der Waals surface area contributed by atoms with Gasteiger partial charge in [0.25, 0.3) is 10.1 Å². The molecule has 0 aliphatic carbocycles. The molecule has 1 aromatic rings. The molecule has 0 radical (unpaired) electrons. The highest BCUT2D eigenvalue weighted by Gasteiger charge is 2.67. The molecule has 62 heavy (non-hydrogen) atoms. The van der Waals surface area contributed by atoms with Gasteiger partial charge in [0.2, 0.25) is 11.8 Å². The maximum absolute atomic E-state index is 14.3. The lowest BCUT2D eigenvalue weighted by Gasteiger charge is -2.47. The van der Waals surface area contributed by atoms with Crippen LogP contribution in [0.15, 0.2) is 35.9 Å². The number of epoxide rings is 1. The van der Waals surface area contributed by atoms with Gasteiger partial charge in [-0.25, -0.2) is 9.59 Å². The van der Waals surface area contributed by atoms with Crippen LogP contribution < -0.4 is 15.0 Å². The minimum atomic E-state index is -4.77. The van der Waals surface area contributed by atoms with E-state index in [0.29, 0.717) is 17.9 Å². The molecule has 1 aromatic carbocycles. The van der Waals surface area contributed by atoms with Crippen molar-refractivity contribution in [2.75, 3.05) is 44.7 Å². The number of nitrogens with one attached hydrogen (secondary N) is 1. The van der Waals surface area contributed by atoms with Crippen molar-refractivity contribution in [1.82, 2.24) is 10.2 Å². The van der Waals surface area contributed by atoms with Crippen molar-refractivity contribution in [3.8, 4) is 5.75 Å². The molecule has 9 atom stereocenters. The Balaban J connectivity index is 1.61. The van der Waals surface area contributed by atoms with Crippen molar-refractivity contribution in [3.05, 3.63) is 46.5 Å². The number of esters is 1. The number of alkyl carbamates (subject to hydrolysis) is 1. The summed E-state index contributed by atoms with van der Waals surface area (Å²) in [7, 11) is 3.34. The van der Waals surface area contributed by atoms with E-state index >= 15 is 0 Å². The van der Waals surface area contributed by atoms with E-state index in [9.17, 15) is 37.5 Å². The Kier molecular flexibility index (Phi) is 16.9. The first kappa shape index (κ1) is 51.1. The molecule has 0 aromatic heterocycles. The summed E-state index contributed by atoms with van der Waals surface area (Å²) in [5, 5.41) is 21.7. The van der Waals surface area contributed by atoms with Crippen molar-refractivity contribution in [2.24, 2.45) is 5.92 Å². The molecule has 18 nitrogen and oxygen atoms in total. The molecular formula is C40H56ClN3O15S3. The van der Waals surface area contributed by atoms with E-state index in [0.717, 1.165) is 21.9 Å². The number of rotatable bonds is 14. The fraction of sp³-hybridized carbons (Fsp3) is 0.625. The normalized spacial score (nSPS) is 30.3. The second-order valence-electron chi connectivity index (χ2n) is 16.1. The molecule has 2 fully saturated rings. The Morgan fingerprint density at radius 3 is 2.44 bits per heavy atom. The maximum atomic E-state index is 14.3. The largest absolute Gasteiger partial charge is 0.495 e. The second kappa shape index (κ2) is 20.5. The van der Waals surface area contributed by atoms with Gasteiger partial charge in [-0.1, -0.05) is 63.9 Å². The Hall–Kier alpha value is -3.57. The van der Waals surface area contributed by atoms with Gasteiger partial charge in [-0.15, -0.1) is 0 Å². The van der Waals surface area contributed by atoms with Crippen LogP contribution in [0, 0.1) is 5.92 Å². The third-order valence-electron chi connectivity index (χ3n) is 11.6. The summed E-state index contributed by atoms with van der Waals surface area (Å²) in [6.45, 7) is 8.43. The van der Waals surface area contributed by atoms with Gasteiger partial charge in [0.05, 0.1) is 25.3 Å². The van der Waals surface area contributed by atoms with Crippen molar-refractivity contribution >= 4 is 78.8 Å². The summed E-state index contributed by atoms with van der Waals surface area (Å²) in [5.41, 5.74) is -2.63. The highest BCUT2D eigenvalue weighted by molar-refractivity contribution is 8.76. The molecule has 4 rings (SSSR count). The number of fused-ring (bicyclic) bond motifs is 5. The SMILES string of the molecule is COc1cc2cc(c1Cl)N(C)C(=O)C[C@H](OC(=O)[C@H](C)N(C)C(=O)CCSSCCC(C(=O)O)S(=O)(=O)O)[C@]1(C)O[C@H]1[C@H](C)[C@]1(C)C[C@@](O)(NC(=O)O1)[C@H](OC)/C=C/C=C(\C)C2. The van der Waals surface area contributed by atoms with Crippen LogP contribution in [0.4, 0.5) is 10.5 Å². The molecule has 0 saturated carbocycles. The van der Waals surface area contributed by atoms with E-state index in [1.165, 1.54) is 55.8 Å². The van der Waals surface area contributed by atoms with E-state index in [1.807, 2.05) is 13.0 Å². The van der Waals surface area contributed by atoms with Crippen LogP contribution >= 0.6 is 33.2 Å². The van der Waals surface area contributed by atoms with Gasteiger partial charge in [0.1, 0.15) is 40.2 Å². The number of amides is 3. The fourth-order valence-electron chi connectivity index (χ4n) is 7.52. The highest BCUT2D eigenvalue weighted by Crippen LogP contribution is 2.52. The molecular weight excluding hydrogens is 894 g/mol. The Morgan fingerprint density at radius 1 is 1.16 bits per heavy atom. The predicted molar refractivity (Wildman–Crippen MR) is 233 cm³/mol. The molecule has 4 bridgehead atoms. The number of ether oxygens (including phenoxy) is 5. The summed E-state index contributed by atoms with van der Waals surface area (Å²) in [5.74, 6) is -3.49. The van der Waals surface area contributed by atoms with Gasteiger partial charge in [0, 0.05) is 51.5 Å². The number of aliphatic carboxylic acids is 1. The van der Waals surface area contributed by atoms with Crippen molar-refractivity contribution in [1.29, 1.82) is 0 Å². The van der Waals surface area contributed by atoms with Crippen LogP contribution in [0.1, 0.15) is 65.9 Å². The number of likely N-dealkylation sites (N-methyl/N-ethyl adjacent to an activating group) is 1. The molecule has 3 amide bonds. The average Bonchev–Trinajstić information content (AvgIpc) is 3.88. The minimum Gasteiger partial charge on any atom is -0.495 e. The van der Waals surface area contributed by atoms with Gasteiger partial charge in [-0.2, -0.15) is 8.42 Å². The zero-order chi connectivity index (χ0) is 46.5. The van der Waals surface area contributed by atoms with E-state index in [4.69, 9.17) is 44.9 Å². The average molecular weight is 951 g/mol. The molecule has 2 saturated heterocycles. The zero-order valence-corrected chi connectivity index (χ0v) is 39.2. The second-order valence-corrected chi connectivity index (χ2v) is 20.8. The number of aliphatic hydroxyl groups is 1. The number of carboxylic acids is 1. The highest BCUT2D eigenvalue weighted by atomic mass is 35.5. The number of methoxy groups -OCH3 is 2. The van der Waals surface area contributed by atoms with Crippen LogP contribution in [-0.4, -0.2) is 144 Å². The smallest absolute Gasteiger partial charge is 0.410 e. The van der Waals surface area contributed by atoms with Gasteiger partial charge >= 0.3 is 18.0 Å². The summed E-state index contributed by atoms with van der Waals surface area (Å²) in [4.78, 5) is 68.2.